The molecule has 0 radical (unpaired) electrons. The third-order valence-electron chi connectivity index (χ3n) is 1.87. The fourth-order valence-corrected chi connectivity index (χ4v) is 2.16. The molecule has 1 heterocycles. The van der Waals surface area contributed by atoms with E-state index in [1.807, 2.05) is 0 Å². The number of halogens is 2. The van der Waals surface area contributed by atoms with Gasteiger partial charge in [-0.05, 0) is 23.1 Å². The molecule has 4 heteroatoms. The smallest absolute Gasteiger partial charge is 0.160 e. The van der Waals surface area contributed by atoms with Crippen molar-refractivity contribution in [2.24, 2.45) is 0 Å². The van der Waals surface area contributed by atoms with Gasteiger partial charge in [0.05, 0.1) is 6.61 Å². The Morgan fingerprint density at radius 3 is 2.62 bits per heavy atom. The van der Waals surface area contributed by atoms with Crippen molar-refractivity contribution in [3.05, 3.63) is 34.7 Å². The third-order valence-corrected chi connectivity index (χ3v) is 2.86. The second-order valence-corrected chi connectivity index (χ2v) is 3.59. The predicted molar refractivity (Wildman–Crippen MR) is 47.7 cm³/mol. The molecule has 2 aromatic rings. The quantitative estimate of drug-likeness (QED) is 0.750. The Balaban J connectivity index is 2.77. The van der Waals surface area contributed by atoms with Crippen molar-refractivity contribution in [2.75, 3.05) is 0 Å². The maximum atomic E-state index is 12.8. The second kappa shape index (κ2) is 3.05. The lowest BCUT2D eigenvalue weighted by Gasteiger charge is -1.95. The lowest BCUT2D eigenvalue weighted by Crippen LogP contribution is -1.84. The molecular formula is C9H6F2OS. The van der Waals surface area contributed by atoms with Gasteiger partial charge in [-0.15, -0.1) is 11.3 Å². The average Bonchev–Trinajstić information content (AvgIpc) is 2.48. The molecule has 0 aliphatic heterocycles. The molecule has 1 N–H and O–H groups in total. The maximum absolute atomic E-state index is 12.8. The Labute approximate surface area is 77.2 Å². The molecule has 0 atom stereocenters. The number of hydrogen-bond donors (Lipinski definition) is 1. The Morgan fingerprint density at radius 2 is 1.92 bits per heavy atom. The zero-order valence-corrected chi connectivity index (χ0v) is 7.37. The standard InChI is InChI=1S/C9H6F2OS/c10-7-1-6-5(3-12)4-13-9(6)2-8(7)11/h1-2,4,12H,3H2. The van der Waals surface area contributed by atoms with E-state index in [2.05, 4.69) is 0 Å². The van der Waals surface area contributed by atoms with Crippen LogP contribution in [0.5, 0.6) is 0 Å². The van der Waals surface area contributed by atoms with E-state index in [0.29, 0.717) is 15.6 Å². The molecule has 0 amide bonds. The molecule has 0 aliphatic carbocycles. The van der Waals surface area contributed by atoms with Crippen LogP contribution in [0, 0.1) is 11.6 Å². The van der Waals surface area contributed by atoms with E-state index in [-0.39, 0.29) is 6.61 Å². The van der Waals surface area contributed by atoms with Gasteiger partial charge in [-0.3, -0.25) is 0 Å². The van der Waals surface area contributed by atoms with Crippen LogP contribution in [0.15, 0.2) is 17.5 Å². The molecule has 0 saturated heterocycles. The molecule has 0 fully saturated rings. The Kier molecular flexibility index (Phi) is 2.01. The second-order valence-electron chi connectivity index (χ2n) is 2.68. The molecule has 2 rings (SSSR count). The van der Waals surface area contributed by atoms with Gasteiger partial charge in [0.1, 0.15) is 0 Å². The first-order valence-corrected chi connectivity index (χ1v) is 4.56. The Bertz CT molecular complexity index is 450. The summed E-state index contributed by atoms with van der Waals surface area (Å²) in [7, 11) is 0. The number of thiophene rings is 1. The predicted octanol–water partition coefficient (Wildman–Crippen LogP) is 2.67. The molecule has 1 aromatic carbocycles. The molecule has 1 aromatic heterocycles. The molecule has 0 spiro atoms. The van der Waals surface area contributed by atoms with Crippen LogP contribution in [0.25, 0.3) is 10.1 Å². The summed E-state index contributed by atoms with van der Waals surface area (Å²) in [5.41, 5.74) is 0.638. The van der Waals surface area contributed by atoms with Crippen molar-refractivity contribution in [1.29, 1.82) is 0 Å². The fraction of sp³-hybridized carbons (Fsp3) is 0.111. The van der Waals surface area contributed by atoms with Crippen LogP contribution in [0.2, 0.25) is 0 Å². The number of aliphatic hydroxyl groups is 1. The Morgan fingerprint density at radius 1 is 1.23 bits per heavy atom. The third kappa shape index (κ3) is 1.32. The van der Waals surface area contributed by atoms with Crippen LogP contribution in [0.1, 0.15) is 5.56 Å². The number of hydrogen-bond acceptors (Lipinski definition) is 2. The van der Waals surface area contributed by atoms with Crippen molar-refractivity contribution in [1.82, 2.24) is 0 Å². The summed E-state index contributed by atoms with van der Waals surface area (Å²) in [6, 6.07) is 2.27. The van der Waals surface area contributed by atoms with Crippen LogP contribution in [-0.4, -0.2) is 5.11 Å². The van der Waals surface area contributed by atoms with Crippen LogP contribution < -0.4 is 0 Å². The number of fused-ring (bicyclic) bond motifs is 1. The van der Waals surface area contributed by atoms with E-state index >= 15 is 0 Å². The van der Waals surface area contributed by atoms with E-state index in [1.165, 1.54) is 11.3 Å². The molecule has 0 unspecified atom stereocenters. The highest BCUT2D eigenvalue weighted by Crippen LogP contribution is 2.27. The summed E-state index contributed by atoms with van der Waals surface area (Å²) in [6.45, 7) is -0.148. The summed E-state index contributed by atoms with van der Waals surface area (Å²) in [6.07, 6.45) is 0. The lowest BCUT2D eigenvalue weighted by atomic mass is 10.2. The van der Waals surface area contributed by atoms with Crippen LogP contribution in [-0.2, 0) is 6.61 Å². The topological polar surface area (TPSA) is 20.2 Å². The zero-order valence-electron chi connectivity index (χ0n) is 6.55. The summed E-state index contributed by atoms with van der Waals surface area (Å²) < 4.78 is 26.2. The summed E-state index contributed by atoms with van der Waals surface area (Å²) in [5, 5.41) is 11.2. The van der Waals surface area contributed by atoms with Gasteiger partial charge < -0.3 is 5.11 Å². The fourth-order valence-electron chi connectivity index (χ4n) is 1.20. The van der Waals surface area contributed by atoms with Crippen LogP contribution >= 0.6 is 11.3 Å². The van der Waals surface area contributed by atoms with Crippen LogP contribution in [0.3, 0.4) is 0 Å². The van der Waals surface area contributed by atoms with Gasteiger partial charge in [-0.25, -0.2) is 8.78 Å². The van der Waals surface area contributed by atoms with Gasteiger partial charge in [0, 0.05) is 10.1 Å². The highest BCUT2D eigenvalue weighted by Gasteiger charge is 2.08. The van der Waals surface area contributed by atoms with Crippen molar-refractivity contribution >= 4 is 21.4 Å². The molecule has 1 nitrogen and oxygen atoms in total. The SMILES string of the molecule is OCc1csc2cc(F)c(F)cc12. The minimum Gasteiger partial charge on any atom is -0.392 e. The molecule has 0 bridgehead atoms. The van der Waals surface area contributed by atoms with Crippen molar-refractivity contribution < 1.29 is 13.9 Å². The molecular weight excluding hydrogens is 194 g/mol. The minimum atomic E-state index is -0.874. The van der Waals surface area contributed by atoms with E-state index in [0.717, 1.165) is 12.1 Å². The number of aliphatic hydroxyl groups excluding tert-OH is 1. The average molecular weight is 200 g/mol. The van der Waals surface area contributed by atoms with Crippen molar-refractivity contribution in [3.63, 3.8) is 0 Å². The highest BCUT2D eigenvalue weighted by molar-refractivity contribution is 7.17. The first kappa shape index (κ1) is 8.59. The molecule has 0 aliphatic rings. The summed E-state index contributed by atoms with van der Waals surface area (Å²) in [4.78, 5) is 0. The van der Waals surface area contributed by atoms with Crippen molar-refractivity contribution in [2.45, 2.75) is 6.61 Å². The molecule has 0 saturated carbocycles. The molecule has 13 heavy (non-hydrogen) atoms. The van der Waals surface area contributed by atoms with Gasteiger partial charge in [0.15, 0.2) is 11.6 Å². The normalized spacial score (nSPS) is 11.0. The monoisotopic (exact) mass is 200 g/mol. The first-order chi connectivity index (χ1) is 6.22. The minimum absolute atomic E-state index is 0.148. The van der Waals surface area contributed by atoms with Gasteiger partial charge in [-0.2, -0.15) is 0 Å². The summed E-state index contributed by atoms with van der Waals surface area (Å²) >= 11 is 1.29. The van der Waals surface area contributed by atoms with Crippen molar-refractivity contribution in [3.8, 4) is 0 Å². The Hall–Kier alpha value is -1.00. The maximum Gasteiger partial charge on any atom is 0.160 e. The number of benzene rings is 1. The highest BCUT2D eigenvalue weighted by atomic mass is 32.1. The van der Waals surface area contributed by atoms with Crippen LogP contribution in [0.4, 0.5) is 8.78 Å². The van der Waals surface area contributed by atoms with Gasteiger partial charge in [0.2, 0.25) is 0 Å². The van der Waals surface area contributed by atoms with Gasteiger partial charge in [-0.1, -0.05) is 0 Å². The zero-order chi connectivity index (χ0) is 9.42. The van der Waals surface area contributed by atoms with E-state index in [1.54, 1.807) is 5.38 Å². The molecule has 68 valence electrons. The number of rotatable bonds is 1. The first-order valence-electron chi connectivity index (χ1n) is 3.68. The lowest BCUT2D eigenvalue weighted by molar-refractivity contribution is 0.284. The summed E-state index contributed by atoms with van der Waals surface area (Å²) in [5.74, 6) is -1.72. The largest absolute Gasteiger partial charge is 0.392 e. The van der Waals surface area contributed by atoms with E-state index < -0.39 is 11.6 Å². The van der Waals surface area contributed by atoms with E-state index in [4.69, 9.17) is 5.11 Å². The van der Waals surface area contributed by atoms with Gasteiger partial charge in [0.25, 0.3) is 0 Å². The van der Waals surface area contributed by atoms with E-state index in [9.17, 15) is 8.78 Å². The van der Waals surface area contributed by atoms with Gasteiger partial charge >= 0.3 is 0 Å².